The summed E-state index contributed by atoms with van der Waals surface area (Å²) in [6.07, 6.45) is 1.62. The molecule has 1 aromatic heterocycles. The van der Waals surface area contributed by atoms with Crippen molar-refractivity contribution in [3.8, 4) is 5.69 Å². The molecule has 6 heteroatoms. The Morgan fingerprint density at radius 3 is 2.38 bits per heavy atom. The van der Waals surface area contributed by atoms with Crippen molar-refractivity contribution in [2.24, 2.45) is 0 Å². The number of aryl methyl sites for hydroxylation is 1. The lowest BCUT2D eigenvalue weighted by atomic mass is 10.2. The standard InChI is InChI=1S/C18H15FN2O3/c1-12-10-20-18(23)21(12)16-8-4-14(5-9-16)17(22)24-11-13-2-6-15(19)7-3-13/h2-10H,11H2,1H3,(H,20,23). The van der Waals surface area contributed by atoms with E-state index in [4.69, 9.17) is 4.74 Å². The summed E-state index contributed by atoms with van der Waals surface area (Å²) >= 11 is 0. The number of H-pyrrole nitrogens is 1. The van der Waals surface area contributed by atoms with E-state index in [2.05, 4.69) is 4.98 Å². The smallest absolute Gasteiger partial charge is 0.338 e. The van der Waals surface area contributed by atoms with Crippen LogP contribution in [0.2, 0.25) is 0 Å². The molecule has 3 aromatic rings. The fourth-order valence-electron chi connectivity index (χ4n) is 2.34. The second-order valence-corrected chi connectivity index (χ2v) is 5.32. The van der Waals surface area contributed by atoms with Gasteiger partial charge in [0.1, 0.15) is 12.4 Å². The van der Waals surface area contributed by atoms with Crippen molar-refractivity contribution in [3.05, 3.63) is 87.9 Å². The molecule has 3 rings (SSSR count). The molecule has 0 atom stereocenters. The van der Waals surface area contributed by atoms with E-state index in [1.807, 2.05) is 6.92 Å². The first-order chi connectivity index (χ1) is 11.5. The Hall–Kier alpha value is -3.15. The molecule has 24 heavy (non-hydrogen) atoms. The second-order valence-electron chi connectivity index (χ2n) is 5.32. The molecule has 0 bridgehead atoms. The van der Waals surface area contributed by atoms with Gasteiger partial charge in [0.05, 0.1) is 11.3 Å². The van der Waals surface area contributed by atoms with Crippen LogP contribution in [0.4, 0.5) is 4.39 Å². The van der Waals surface area contributed by atoms with Crippen LogP contribution < -0.4 is 5.69 Å². The van der Waals surface area contributed by atoms with Gasteiger partial charge >= 0.3 is 11.7 Å². The fraction of sp³-hybridized carbons (Fsp3) is 0.111. The molecular weight excluding hydrogens is 311 g/mol. The minimum atomic E-state index is -0.482. The summed E-state index contributed by atoms with van der Waals surface area (Å²) in [6.45, 7) is 1.88. The second kappa shape index (κ2) is 6.54. The first-order valence-corrected chi connectivity index (χ1v) is 7.33. The van der Waals surface area contributed by atoms with Crippen LogP contribution in [-0.4, -0.2) is 15.5 Å². The zero-order valence-electron chi connectivity index (χ0n) is 13.0. The van der Waals surface area contributed by atoms with Crippen LogP contribution in [0, 0.1) is 12.7 Å². The number of nitrogens with one attached hydrogen (secondary N) is 1. The molecule has 2 aromatic carbocycles. The number of esters is 1. The maximum absolute atomic E-state index is 12.8. The molecule has 0 saturated heterocycles. The summed E-state index contributed by atoms with van der Waals surface area (Å²) in [5.74, 6) is -0.819. The van der Waals surface area contributed by atoms with Crippen LogP contribution >= 0.6 is 0 Å². The first-order valence-electron chi connectivity index (χ1n) is 7.33. The molecule has 0 saturated carbocycles. The Balaban J connectivity index is 1.70. The Bertz CT molecular complexity index is 909. The zero-order valence-corrected chi connectivity index (χ0v) is 13.0. The number of rotatable bonds is 4. The summed E-state index contributed by atoms with van der Waals surface area (Å²) in [6, 6.07) is 12.3. The molecule has 122 valence electrons. The van der Waals surface area contributed by atoms with Gasteiger partial charge in [0, 0.05) is 11.9 Å². The lowest BCUT2D eigenvalue weighted by molar-refractivity contribution is 0.0472. The minimum absolute atomic E-state index is 0.0667. The minimum Gasteiger partial charge on any atom is -0.457 e. The van der Waals surface area contributed by atoms with Crippen LogP contribution in [0.25, 0.3) is 5.69 Å². The number of carbonyl (C=O) groups excluding carboxylic acids is 1. The Labute approximate surface area is 137 Å². The van der Waals surface area contributed by atoms with Gasteiger partial charge in [-0.15, -0.1) is 0 Å². The van der Waals surface area contributed by atoms with E-state index in [1.54, 1.807) is 42.6 Å². The van der Waals surface area contributed by atoms with Crippen LogP contribution in [0.3, 0.4) is 0 Å². The number of aromatic amines is 1. The fourth-order valence-corrected chi connectivity index (χ4v) is 2.34. The quantitative estimate of drug-likeness (QED) is 0.750. The van der Waals surface area contributed by atoms with E-state index in [-0.39, 0.29) is 18.1 Å². The molecule has 0 unspecified atom stereocenters. The van der Waals surface area contributed by atoms with Gasteiger partial charge in [-0.05, 0) is 48.9 Å². The first kappa shape index (κ1) is 15.7. The summed E-state index contributed by atoms with van der Waals surface area (Å²) in [5, 5.41) is 0. The van der Waals surface area contributed by atoms with Gasteiger partial charge in [-0.1, -0.05) is 12.1 Å². The monoisotopic (exact) mass is 326 g/mol. The number of nitrogens with zero attached hydrogens (tertiary/aromatic N) is 1. The third-order valence-electron chi connectivity index (χ3n) is 3.60. The average Bonchev–Trinajstić information content (AvgIpc) is 2.93. The number of benzene rings is 2. The highest BCUT2D eigenvalue weighted by Crippen LogP contribution is 2.12. The molecule has 0 aliphatic carbocycles. The van der Waals surface area contributed by atoms with E-state index >= 15 is 0 Å². The average molecular weight is 326 g/mol. The molecule has 0 spiro atoms. The molecule has 0 radical (unpaired) electrons. The van der Waals surface area contributed by atoms with Crippen LogP contribution in [0.5, 0.6) is 0 Å². The van der Waals surface area contributed by atoms with Crippen molar-refractivity contribution >= 4 is 5.97 Å². The van der Waals surface area contributed by atoms with E-state index in [1.165, 1.54) is 16.7 Å². The predicted molar refractivity (Wildman–Crippen MR) is 86.6 cm³/mol. The number of imidazole rings is 1. The molecule has 1 N–H and O–H groups in total. The lowest BCUT2D eigenvalue weighted by Gasteiger charge is -2.07. The molecule has 0 fully saturated rings. The molecule has 1 heterocycles. The van der Waals surface area contributed by atoms with Crippen molar-refractivity contribution in [1.82, 2.24) is 9.55 Å². The van der Waals surface area contributed by atoms with Crippen molar-refractivity contribution in [3.63, 3.8) is 0 Å². The number of carbonyl (C=O) groups is 1. The topological polar surface area (TPSA) is 64.1 Å². The highest BCUT2D eigenvalue weighted by Gasteiger charge is 2.09. The maximum atomic E-state index is 12.8. The van der Waals surface area contributed by atoms with Gasteiger partial charge in [0.2, 0.25) is 0 Å². The van der Waals surface area contributed by atoms with Gasteiger partial charge < -0.3 is 9.72 Å². The van der Waals surface area contributed by atoms with Gasteiger partial charge in [-0.25, -0.2) is 14.0 Å². The highest BCUT2D eigenvalue weighted by molar-refractivity contribution is 5.89. The zero-order chi connectivity index (χ0) is 17.1. The number of ether oxygens (including phenoxy) is 1. The van der Waals surface area contributed by atoms with Crippen LogP contribution in [0.1, 0.15) is 21.6 Å². The molecule has 0 aliphatic heterocycles. The molecule has 5 nitrogen and oxygen atoms in total. The number of halogens is 1. The van der Waals surface area contributed by atoms with Gasteiger partial charge in [0.15, 0.2) is 0 Å². The van der Waals surface area contributed by atoms with Crippen molar-refractivity contribution in [2.75, 3.05) is 0 Å². The summed E-state index contributed by atoms with van der Waals surface area (Å²) in [7, 11) is 0. The van der Waals surface area contributed by atoms with E-state index < -0.39 is 5.97 Å². The molecular formula is C18H15FN2O3. The van der Waals surface area contributed by atoms with Gasteiger partial charge in [0.25, 0.3) is 0 Å². The highest BCUT2D eigenvalue weighted by atomic mass is 19.1. The van der Waals surface area contributed by atoms with Gasteiger partial charge in [-0.3, -0.25) is 4.57 Å². The normalized spacial score (nSPS) is 10.6. The number of hydrogen-bond acceptors (Lipinski definition) is 3. The largest absolute Gasteiger partial charge is 0.457 e. The van der Waals surface area contributed by atoms with Crippen LogP contribution in [-0.2, 0) is 11.3 Å². The summed E-state index contributed by atoms with van der Waals surface area (Å²) in [4.78, 5) is 26.4. The number of aromatic nitrogens is 2. The third kappa shape index (κ3) is 3.27. The number of hydrogen-bond donors (Lipinski definition) is 1. The molecule has 0 aliphatic rings. The lowest BCUT2D eigenvalue weighted by Crippen LogP contribution is -2.16. The van der Waals surface area contributed by atoms with E-state index in [0.29, 0.717) is 16.8 Å². The summed E-state index contributed by atoms with van der Waals surface area (Å²) in [5.41, 5.74) is 2.28. The molecule has 0 amide bonds. The Morgan fingerprint density at radius 2 is 1.79 bits per heavy atom. The van der Waals surface area contributed by atoms with Crippen molar-refractivity contribution < 1.29 is 13.9 Å². The van der Waals surface area contributed by atoms with E-state index in [0.717, 1.165) is 5.69 Å². The van der Waals surface area contributed by atoms with E-state index in [9.17, 15) is 14.0 Å². The summed E-state index contributed by atoms with van der Waals surface area (Å²) < 4.78 is 19.5. The van der Waals surface area contributed by atoms with Crippen molar-refractivity contribution in [1.29, 1.82) is 0 Å². The predicted octanol–water partition coefficient (Wildman–Crippen LogP) is 2.97. The SMILES string of the molecule is Cc1c[nH]c(=O)n1-c1ccc(C(=O)OCc2ccc(F)cc2)cc1. The third-order valence-corrected chi connectivity index (χ3v) is 3.60. The van der Waals surface area contributed by atoms with Gasteiger partial charge in [-0.2, -0.15) is 0 Å². The van der Waals surface area contributed by atoms with Crippen LogP contribution in [0.15, 0.2) is 59.5 Å². The Kier molecular flexibility index (Phi) is 4.29. The van der Waals surface area contributed by atoms with Crippen molar-refractivity contribution in [2.45, 2.75) is 13.5 Å². The Morgan fingerprint density at radius 1 is 1.12 bits per heavy atom. The maximum Gasteiger partial charge on any atom is 0.338 e.